The van der Waals surface area contributed by atoms with Gasteiger partial charge in [0.1, 0.15) is 24.0 Å². The van der Waals surface area contributed by atoms with E-state index < -0.39 is 6.67 Å². The van der Waals surface area contributed by atoms with E-state index in [-0.39, 0.29) is 5.82 Å². The van der Waals surface area contributed by atoms with Gasteiger partial charge < -0.3 is 4.74 Å². The Morgan fingerprint density at radius 3 is 2.38 bits per heavy atom. The van der Waals surface area contributed by atoms with Crippen molar-refractivity contribution in [2.75, 3.05) is 0 Å². The van der Waals surface area contributed by atoms with Crippen LogP contribution in [0.3, 0.4) is 0 Å². The summed E-state index contributed by atoms with van der Waals surface area (Å²) < 4.78 is 30.5. The number of hydrogen-bond donors (Lipinski definition) is 0. The predicted octanol–water partition coefficient (Wildman–Crippen LogP) is 4.09. The Hall–Kier alpha value is -1.90. The maximum atomic E-state index is 12.6. The summed E-state index contributed by atoms with van der Waals surface area (Å²) >= 11 is 0. The van der Waals surface area contributed by atoms with Crippen molar-refractivity contribution in [3.05, 3.63) is 59.9 Å². The van der Waals surface area contributed by atoms with Gasteiger partial charge in [-0.3, -0.25) is 0 Å². The highest BCUT2D eigenvalue weighted by atomic mass is 19.1. The van der Waals surface area contributed by atoms with Crippen molar-refractivity contribution in [1.29, 1.82) is 0 Å². The summed E-state index contributed by atoms with van der Waals surface area (Å²) in [5, 5.41) is 0. The molecule has 0 spiro atoms. The summed E-state index contributed by atoms with van der Waals surface area (Å²) in [7, 11) is 0. The molecule has 16 heavy (non-hydrogen) atoms. The molecule has 2 aromatic rings. The highest BCUT2D eigenvalue weighted by Gasteiger charge is 1.99. The summed E-state index contributed by atoms with van der Waals surface area (Å²) in [6.07, 6.45) is 0. The standard InChI is InChI=1S/C13H10F2O/c14-9-10-2-1-3-13(8-10)16-12-6-4-11(15)5-7-12/h1-8H,9H2. The molecule has 3 heteroatoms. The lowest BCUT2D eigenvalue weighted by Crippen LogP contribution is -1.86. The number of halogens is 2. The molecule has 2 aromatic carbocycles. The molecule has 0 bridgehead atoms. The number of benzene rings is 2. The Kier molecular flexibility index (Phi) is 3.15. The molecule has 0 saturated carbocycles. The van der Waals surface area contributed by atoms with Crippen LogP contribution >= 0.6 is 0 Å². The first-order valence-electron chi connectivity index (χ1n) is 4.86. The Morgan fingerprint density at radius 2 is 1.69 bits per heavy atom. The predicted molar refractivity (Wildman–Crippen MR) is 57.7 cm³/mol. The van der Waals surface area contributed by atoms with Crippen LogP contribution in [0.15, 0.2) is 48.5 Å². The first-order valence-corrected chi connectivity index (χ1v) is 4.86. The monoisotopic (exact) mass is 220 g/mol. The third-order valence-corrected chi connectivity index (χ3v) is 2.10. The Bertz CT molecular complexity index is 466. The minimum Gasteiger partial charge on any atom is -0.457 e. The van der Waals surface area contributed by atoms with Crippen molar-refractivity contribution in [2.24, 2.45) is 0 Å². The van der Waals surface area contributed by atoms with Gasteiger partial charge in [0.2, 0.25) is 0 Å². The molecule has 0 aliphatic carbocycles. The van der Waals surface area contributed by atoms with Crippen LogP contribution in [0.4, 0.5) is 8.78 Å². The highest BCUT2D eigenvalue weighted by Crippen LogP contribution is 2.22. The van der Waals surface area contributed by atoms with Crippen molar-refractivity contribution >= 4 is 0 Å². The molecule has 0 amide bonds. The lowest BCUT2D eigenvalue weighted by molar-refractivity contribution is 0.467. The van der Waals surface area contributed by atoms with E-state index in [1.165, 1.54) is 24.3 Å². The Labute approximate surface area is 92.3 Å². The first kappa shape index (κ1) is 10.6. The van der Waals surface area contributed by atoms with E-state index in [9.17, 15) is 8.78 Å². The molecule has 0 heterocycles. The van der Waals surface area contributed by atoms with Gasteiger partial charge in [-0.05, 0) is 42.0 Å². The fourth-order valence-electron chi connectivity index (χ4n) is 1.33. The molecular formula is C13H10F2O. The van der Waals surface area contributed by atoms with Crippen LogP contribution in [-0.2, 0) is 6.67 Å². The second kappa shape index (κ2) is 4.75. The fourth-order valence-corrected chi connectivity index (χ4v) is 1.33. The van der Waals surface area contributed by atoms with Crippen LogP contribution in [0, 0.1) is 5.82 Å². The molecule has 0 aromatic heterocycles. The maximum absolute atomic E-state index is 12.6. The summed E-state index contributed by atoms with van der Waals surface area (Å²) in [6, 6.07) is 12.4. The van der Waals surface area contributed by atoms with E-state index in [0.717, 1.165) is 0 Å². The second-order valence-electron chi connectivity index (χ2n) is 3.34. The zero-order chi connectivity index (χ0) is 11.4. The van der Waals surface area contributed by atoms with Gasteiger partial charge in [-0.25, -0.2) is 8.78 Å². The summed E-state index contributed by atoms with van der Waals surface area (Å²) in [4.78, 5) is 0. The van der Waals surface area contributed by atoms with Gasteiger partial charge in [0, 0.05) is 0 Å². The van der Waals surface area contributed by atoms with Gasteiger partial charge >= 0.3 is 0 Å². The highest BCUT2D eigenvalue weighted by molar-refractivity contribution is 5.33. The third kappa shape index (κ3) is 2.57. The van der Waals surface area contributed by atoms with Crippen LogP contribution < -0.4 is 4.74 Å². The molecule has 0 radical (unpaired) electrons. The van der Waals surface area contributed by atoms with Crippen LogP contribution in [-0.4, -0.2) is 0 Å². The molecule has 0 saturated heterocycles. The summed E-state index contributed by atoms with van der Waals surface area (Å²) in [5.41, 5.74) is 0.555. The zero-order valence-corrected chi connectivity index (χ0v) is 8.49. The molecule has 0 aliphatic rings. The van der Waals surface area contributed by atoms with E-state index in [4.69, 9.17) is 4.74 Å². The Morgan fingerprint density at radius 1 is 0.938 bits per heavy atom. The van der Waals surface area contributed by atoms with Gasteiger partial charge in [0.15, 0.2) is 0 Å². The summed E-state index contributed by atoms with van der Waals surface area (Å²) in [6.45, 7) is -0.527. The Balaban J connectivity index is 2.16. The van der Waals surface area contributed by atoms with Gasteiger partial charge in [0.05, 0.1) is 0 Å². The molecule has 0 N–H and O–H groups in total. The third-order valence-electron chi connectivity index (χ3n) is 2.10. The number of alkyl halides is 1. The van der Waals surface area contributed by atoms with Gasteiger partial charge in [-0.1, -0.05) is 12.1 Å². The van der Waals surface area contributed by atoms with Crippen LogP contribution in [0.5, 0.6) is 11.5 Å². The number of ether oxygens (including phenoxy) is 1. The maximum Gasteiger partial charge on any atom is 0.127 e. The molecule has 2 rings (SSSR count). The molecular weight excluding hydrogens is 210 g/mol. The molecule has 0 unspecified atom stereocenters. The second-order valence-corrected chi connectivity index (χ2v) is 3.34. The largest absolute Gasteiger partial charge is 0.457 e. The van der Waals surface area contributed by atoms with E-state index in [1.54, 1.807) is 24.3 Å². The van der Waals surface area contributed by atoms with Crippen molar-refractivity contribution in [3.8, 4) is 11.5 Å². The zero-order valence-electron chi connectivity index (χ0n) is 8.49. The van der Waals surface area contributed by atoms with Crippen molar-refractivity contribution < 1.29 is 13.5 Å². The van der Waals surface area contributed by atoms with Crippen molar-refractivity contribution in [2.45, 2.75) is 6.67 Å². The number of hydrogen-bond acceptors (Lipinski definition) is 1. The molecule has 0 fully saturated rings. The topological polar surface area (TPSA) is 9.23 Å². The first-order chi connectivity index (χ1) is 7.78. The van der Waals surface area contributed by atoms with E-state index in [1.807, 2.05) is 0 Å². The summed E-state index contributed by atoms with van der Waals surface area (Å²) in [5.74, 6) is 0.754. The van der Waals surface area contributed by atoms with E-state index in [0.29, 0.717) is 17.1 Å². The fraction of sp³-hybridized carbons (Fsp3) is 0.0769. The van der Waals surface area contributed by atoms with Gasteiger partial charge in [-0.2, -0.15) is 0 Å². The smallest absolute Gasteiger partial charge is 0.127 e. The molecule has 1 nitrogen and oxygen atoms in total. The van der Waals surface area contributed by atoms with Crippen molar-refractivity contribution in [3.63, 3.8) is 0 Å². The van der Waals surface area contributed by atoms with Crippen LogP contribution in [0.1, 0.15) is 5.56 Å². The quantitative estimate of drug-likeness (QED) is 0.757. The van der Waals surface area contributed by atoms with Crippen LogP contribution in [0.2, 0.25) is 0 Å². The lowest BCUT2D eigenvalue weighted by atomic mass is 10.2. The average molecular weight is 220 g/mol. The minimum absolute atomic E-state index is 0.315. The van der Waals surface area contributed by atoms with Crippen molar-refractivity contribution in [1.82, 2.24) is 0 Å². The van der Waals surface area contributed by atoms with Gasteiger partial charge in [-0.15, -0.1) is 0 Å². The normalized spacial score (nSPS) is 10.1. The number of rotatable bonds is 3. The van der Waals surface area contributed by atoms with Crippen LogP contribution in [0.25, 0.3) is 0 Å². The molecule has 82 valence electrons. The van der Waals surface area contributed by atoms with E-state index in [2.05, 4.69) is 0 Å². The lowest BCUT2D eigenvalue weighted by Gasteiger charge is -2.06. The molecule has 0 aliphatic heterocycles. The minimum atomic E-state index is -0.527. The SMILES string of the molecule is FCc1cccc(Oc2ccc(F)cc2)c1. The molecule has 0 atom stereocenters. The average Bonchev–Trinajstić information content (AvgIpc) is 2.32. The van der Waals surface area contributed by atoms with Gasteiger partial charge in [0.25, 0.3) is 0 Å². The van der Waals surface area contributed by atoms with E-state index >= 15 is 0 Å².